The highest BCUT2D eigenvalue weighted by Crippen LogP contribution is 2.19. The molecule has 96 valence electrons. The summed E-state index contributed by atoms with van der Waals surface area (Å²) < 4.78 is 27.6. The fraction of sp³-hybridized carbons (Fsp3) is 0.455. The van der Waals surface area contributed by atoms with E-state index in [1.807, 2.05) is 0 Å². The van der Waals surface area contributed by atoms with E-state index in [1.54, 1.807) is 20.8 Å². The van der Waals surface area contributed by atoms with Crippen LogP contribution in [0.5, 0.6) is 5.75 Å². The Balaban J connectivity index is 2.97. The van der Waals surface area contributed by atoms with Crippen LogP contribution in [0.2, 0.25) is 0 Å². The van der Waals surface area contributed by atoms with Crippen LogP contribution in [0, 0.1) is 0 Å². The van der Waals surface area contributed by atoms with Gasteiger partial charge in [-0.25, -0.2) is 0 Å². The topological polar surface area (TPSA) is 69.6 Å². The average molecular weight is 258 g/mol. The summed E-state index contributed by atoms with van der Waals surface area (Å²) in [6.07, 6.45) is 0. The highest BCUT2D eigenvalue weighted by atomic mass is 32.2. The van der Waals surface area contributed by atoms with Crippen molar-refractivity contribution in [1.82, 2.24) is 4.72 Å². The van der Waals surface area contributed by atoms with Crippen LogP contribution in [0.3, 0.4) is 0 Å². The minimum absolute atomic E-state index is 0.100. The molecule has 0 aliphatic rings. The van der Waals surface area contributed by atoms with Gasteiger partial charge in [0, 0.05) is 12.6 Å². The summed E-state index contributed by atoms with van der Waals surface area (Å²) in [5.41, 5.74) is -0.0520. The molecule has 0 heterocycles. The first-order valence-electron chi connectivity index (χ1n) is 5.19. The molecule has 5 nitrogen and oxygen atoms in total. The Kier molecular flexibility index (Phi) is 3.68. The smallest absolute Gasteiger partial charge is 0.301 e. The molecule has 1 aromatic carbocycles. The van der Waals surface area contributed by atoms with Crippen LogP contribution in [-0.4, -0.2) is 26.1 Å². The molecule has 0 atom stereocenters. The van der Waals surface area contributed by atoms with Crippen LogP contribution in [0.4, 0.5) is 5.69 Å². The minimum atomic E-state index is -3.58. The SMILES string of the molecule is CN(c1ccc(O)cc1)S(=O)(=O)NC(C)(C)C. The highest BCUT2D eigenvalue weighted by Gasteiger charge is 2.24. The zero-order chi connectivity index (χ0) is 13.3. The van der Waals surface area contributed by atoms with Gasteiger partial charge in [-0.15, -0.1) is 0 Å². The lowest BCUT2D eigenvalue weighted by Gasteiger charge is -2.26. The van der Waals surface area contributed by atoms with E-state index in [9.17, 15) is 8.42 Å². The van der Waals surface area contributed by atoms with Crippen LogP contribution in [0.25, 0.3) is 0 Å². The molecule has 0 bridgehead atoms. The second kappa shape index (κ2) is 4.54. The molecule has 1 aromatic rings. The van der Waals surface area contributed by atoms with Gasteiger partial charge in [0.1, 0.15) is 5.75 Å². The predicted octanol–water partition coefficient (Wildman–Crippen LogP) is 1.46. The molecule has 0 aromatic heterocycles. The molecule has 0 aliphatic carbocycles. The van der Waals surface area contributed by atoms with Gasteiger partial charge in [0.15, 0.2) is 0 Å². The summed E-state index contributed by atoms with van der Waals surface area (Å²) in [6, 6.07) is 5.96. The van der Waals surface area contributed by atoms with Gasteiger partial charge < -0.3 is 5.11 Å². The fourth-order valence-electron chi connectivity index (χ4n) is 1.26. The van der Waals surface area contributed by atoms with Crippen molar-refractivity contribution in [2.24, 2.45) is 0 Å². The lowest BCUT2D eigenvalue weighted by Crippen LogP contribution is -2.47. The summed E-state index contributed by atoms with van der Waals surface area (Å²) in [5.74, 6) is 0.100. The number of hydrogen-bond acceptors (Lipinski definition) is 3. The molecule has 0 spiro atoms. The molecule has 0 fully saturated rings. The molecule has 0 unspecified atom stereocenters. The molecular formula is C11H18N2O3S. The Hall–Kier alpha value is -1.27. The van der Waals surface area contributed by atoms with Gasteiger partial charge in [-0.3, -0.25) is 4.31 Å². The Labute approximate surface area is 102 Å². The van der Waals surface area contributed by atoms with E-state index in [4.69, 9.17) is 5.11 Å². The van der Waals surface area contributed by atoms with E-state index >= 15 is 0 Å². The highest BCUT2D eigenvalue weighted by molar-refractivity contribution is 7.90. The number of anilines is 1. The molecule has 1 rings (SSSR count). The third kappa shape index (κ3) is 3.90. The first kappa shape index (κ1) is 13.8. The van der Waals surface area contributed by atoms with Crippen LogP contribution >= 0.6 is 0 Å². The van der Waals surface area contributed by atoms with Crippen molar-refractivity contribution >= 4 is 15.9 Å². The number of benzene rings is 1. The van der Waals surface area contributed by atoms with Gasteiger partial charge in [0.2, 0.25) is 0 Å². The van der Waals surface area contributed by atoms with Crippen molar-refractivity contribution in [2.45, 2.75) is 26.3 Å². The molecule has 0 saturated heterocycles. The zero-order valence-electron chi connectivity index (χ0n) is 10.4. The molecule has 0 saturated carbocycles. The van der Waals surface area contributed by atoms with Crippen molar-refractivity contribution in [3.63, 3.8) is 0 Å². The molecule has 17 heavy (non-hydrogen) atoms. The Morgan fingerprint density at radius 3 is 2.06 bits per heavy atom. The standard InChI is InChI=1S/C11H18N2O3S/c1-11(2,3)12-17(15,16)13(4)9-5-7-10(14)8-6-9/h5-8,12,14H,1-4H3. The fourth-order valence-corrected chi connectivity index (χ4v) is 2.57. The Morgan fingerprint density at radius 1 is 1.18 bits per heavy atom. The third-order valence-electron chi connectivity index (χ3n) is 2.01. The number of rotatable bonds is 3. The van der Waals surface area contributed by atoms with Gasteiger partial charge in [0.25, 0.3) is 0 Å². The second-order valence-corrected chi connectivity index (χ2v) is 6.54. The average Bonchev–Trinajstić information content (AvgIpc) is 2.14. The first-order valence-corrected chi connectivity index (χ1v) is 6.63. The van der Waals surface area contributed by atoms with Gasteiger partial charge >= 0.3 is 10.2 Å². The number of aromatic hydroxyl groups is 1. The molecule has 0 amide bonds. The van der Waals surface area contributed by atoms with Crippen LogP contribution in [0.15, 0.2) is 24.3 Å². The first-order chi connectivity index (χ1) is 7.62. The van der Waals surface area contributed by atoms with Crippen LogP contribution in [0.1, 0.15) is 20.8 Å². The van der Waals surface area contributed by atoms with E-state index in [2.05, 4.69) is 4.72 Å². The maximum atomic E-state index is 12.0. The van der Waals surface area contributed by atoms with Gasteiger partial charge in [-0.05, 0) is 45.0 Å². The summed E-state index contributed by atoms with van der Waals surface area (Å²) in [6.45, 7) is 5.32. The van der Waals surface area contributed by atoms with Gasteiger partial charge in [-0.1, -0.05) is 0 Å². The molecule has 6 heteroatoms. The number of phenolic OH excluding ortho intramolecular Hbond substituents is 1. The van der Waals surface area contributed by atoms with Gasteiger partial charge in [0.05, 0.1) is 5.69 Å². The van der Waals surface area contributed by atoms with Crippen molar-refractivity contribution in [2.75, 3.05) is 11.4 Å². The maximum absolute atomic E-state index is 12.0. The second-order valence-electron chi connectivity index (χ2n) is 4.84. The quantitative estimate of drug-likeness (QED) is 0.862. The molecule has 0 aliphatic heterocycles. The summed E-state index contributed by atoms with van der Waals surface area (Å²) in [5, 5.41) is 9.14. The van der Waals surface area contributed by atoms with E-state index in [1.165, 1.54) is 31.3 Å². The summed E-state index contributed by atoms with van der Waals surface area (Å²) in [4.78, 5) is 0. The largest absolute Gasteiger partial charge is 0.508 e. The summed E-state index contributed by atoms with van der Waals surface area (Å²) >= 11 is 0. The lowest BCUT2D eigenvalue weighted by atomic mass is 10.1. The Morgan fingerprint density at radius 2 is 1.65 bits per heavy atom. The molecule has 0 radical (unpaired) electrons. The minimum Gasteiger partial charge on any atom is -0.508 e. The van der Waals surface area contributed by atoms with E-state index < -0.39 is 15.7 Å². The van der Waals surface area contributed by atoms with Crippen molar-refractivity contribution in [3.8, 4) is 5.75 Å². The van der Waals surface area contributed by atoms with Crippen LogP contribution < -0.4 is 9.03 Å². The summed E-state index contributed by atoms with van der Waals surface area (Å²) in [7, 11) is -2.12. The van der Waals surface area contributed by atoms with E-state index in [-0.39, 0.29) is 5.75 Å². The number of phenols is 1. The predicted molar refractivity (Wildman–Crippen MR) is 68.3 cm³/mol. The van der Waals surface area contributed by atoms with Gasteiger partial charge in [-0.2, -0.15) is 13.1 Å². The van der Waals surface area contributed by atoms with Crippen molar-refractivity contribution in [1.29, 1.82) is 0 Å². The molecular weight excluding hydrogens is 240 g/mol. The van der Waals surface area contributed by atoms with E-state index in [0.717, 1.165) is 4.31 Å². The lowest BCUT2D eigenvalue weighted by molar-refractivity contribution is 0.475. The van der Waals surface area contributed by atoms with Crippen LogP contribution in [-0.2, 0) is 10.2 Å². The number of nitrogens with zero attached hydrogens (tertiary/aromatic N) is 1. The Bertz CT molecular complexity index is 474. The zero-order valence-corrected chi connectivity index (χ0v) is 11.2. The number of nitrogens with one attached hydrogen (secondary N) is 1. The number of hydrogen-bond donors (Lipinski definition) is 2. The van der Waals surface area contributed by atoms with E-state index in [0.29, 0.717) is 5.69 Å². The third-order valence-corrected chi connectivity index (χ3v) is 3.81. The monoisotopic (exact) mass is 258 g/mol. The normalized spacial score (nSPS) is 12.5. The maximum Gasteiger partial charge on any atom is 0.301 e. The van der Waals surface area contributed by atoms with Crippen molar-refractivity contribution in [3.05, 3.63) is 24.3 Å². The van der Waals surface area contributed by atoms with Crippen molar-refractivity contribution < 1.29 is 13.5 Å². The molecule has 2 N–H and O–H groups in total.